The second-order valence-electron chi connectivity index (χ2n) is 7.02. The predicted octanol–water partition coefficient (Wildman–Crippen LogP) is 3.37. The quantitative estimate of drug-likeness (QED) is 0.452. The number of carbonyl (C=O) groups excluding carboxylic acids is 1. The van der Waals surface area contributed by atoms with Crippen molar-refractivity contribution in [2.45, 2.75) is 6.92 Å². The standard InChI is InChI=1S/C24H22N4O4/c1-16-26-20-7-4-3-6-19(20)24(30)28(16)18-11-9-17(10-12-18)22(29)27-21-8-5-13-25-23(21)32-15-14-31-2/h3-13H,14-15H2,1-2H3,(H,27,29). The van der Waals surface area contributed by atoms with E-state index in [2.05, 4.69) is 15.3 Å². The first kappa shape index (κ1) is 21.2. The van der Waals surface area contributed by atoms with Crippen LogP contribution in [0, 0.1) is 6.92 Å². The van der Waals surface area contributed by atoms with Crippen molar-refractivity contribution in [3.63, 3.8) is 0 Å². The van der Waals surface area contributed by atoms with E-state index in [9.17, 15) is 9.59 Å². The third kappa shape index (κ3) is 4.35. The number of aromatic nitrogens is 3. The summed E-state index contributed by atoms with van der Waals surface area (Å²) in [5.41, 5.74) is 2.02. The second kappa shape index (κ2) is 9.40. The Labute approximate surface area is 184 Å². The highest BCUT2D eigenvalue weighted by Gasteiger charge is 2.13. The summed E-state index contributed by atoms with van der Waals surface area (Å²) < 4.78 is 12.1. The molecule has 0 aliphatic carbocycles. The fourth-order valence-corrected chi connectivity index (χ4v) is 3.33. The molecular weight excluding hydrogens is 408 g/mol. The van der Waals surface area contributed by atoms with Crippen molar-refractivity contribution < 1.29 is 14.3 Å². The van der Waals surface area contributed by atoms with Crippen LogP contribution < -0.4 is 15.6 Å². The van der Waals surface area contributed by atoms with Crippen LogP contribution in [0.2, 0.25) is 0 Å². The number of aryl methyl sites for hydroxylation is 1. The highest BCUT2D eigenvalue weighted by Crippen LogP contribution is 2.22. The Kier molecular flexibility index (Phi) is 6.23. The van der Waals surface area contributed by atoms with Crippen molar-refractivity contribution in [1.29, 1.82) is 0 Å². The molecule has 0 fully saturated rings. The number of carbonyl (C=O) groups is 1. The number of nitrogens with zero attached hydrogens (tertiary/aromatic N) is 3. The number of amides is 1. The van der Waals surface area contributed by atoms with Crippen LogP contribution in [0.5, 0.6) is 5.88 Å². The van der Waals surface area contributed by atoms with Gasteiger partial charge >= 0.3 is 0 Å². The highest BCUT2D eigenvalue weighted by molar-refractivity contribution is 6.05. The summed E-state index contributed by atoms with van der Waals surface area (Å²) in [6.45, 7) is 2.51. The van der Waals surface area contributed by atoms with Crippen LogP contribution >= 0.6 is 0 Å². The van der Waals surface area contributed by atoms with E-state index >= 15 is 0 Å². The van der Waals surface area contributed by atoms with Gasteiger partial charge in [0.05, 0.1) is 23.2 Å². The van der Waals surface area contributed by atoms with E-state index in [1.807, 2.05) is 18.2 Å². The molecule has 0 aliphatic rings. The molecule has 0 bridgehead atoms. The molecule has 0 saturated heterocycles. The average Bonchev–Trinajstić information content (AvgIpc) is 2.81. The first-order valence-electron chi connectivity index (χ1n) is 10.1. The molecule has 0 unspecified atom stereocenters. The molecule has 2 heterocycles. The van der Waals surface area contributed by atoms with Crippen molar-refractivity contribution >= 4 is 22.5 Å². The van der Waals surface area contributed by atoms with Gasteiger partial charge in [0.15, 0.2) is 0 Å². The molecule has 4 rings (SSSR count). The molecule has 32 heavy (non-hydrogen) atoms. The number of para-hydroxylation sites is 1. The van der Waals surface area contributed by atoms with E-state index < -0.39 is 0 Å². The SMILES string of the molecule is COCCOc1ncccc1NC(=O)c1ccc(-n2c(C)nc3ccccc3c2=O)cc1. The van der Waals surface area contributed by atoms with Gasteiger partial charge in [-0.15, -0.1) is 0 Å². The van der Waals surface area contributed by atoms with Crippen molar-refractivity contribution in [3.05, 3.63) is 88.6 Å². The van der Waals surface area contributed by atoms with Crippen molar-refractivity contribution in [2.75, 3.05) is 25.6 Å². The zero-order chi connectivity index (χ0) is 22.5. The molecular formula is C24H22N4O4. The number of ether oxygens (including phenoxy) is 2. The number of benzene rings is 2. The number of rotatable bonds is 7. The van der Waals surface area contributed by atoms with Gasteiger partial charge in [0, 0.05) is 18.9 Å². The summed E-state index contributed by atoms with van der Waals surface area (Å²) in [6, 6.07) is 17.4. The number of fused-ring (bicyclic) bond motifs is 1. The Morgan fingerprint density at radius 3 is 2.59 bits per heavy atom. The molecule has 1 amide bonds. The maximum atomic E-state index is 13.0. The molecule has 0 aliphatic heterocycles. The Balaban J connectivity index is 1.57. The van der Waals surface area contributed by atoms with Crippen molar-refractivity contribution in [2.24, 2.45) is 0 Å². The maximum absolute atomic E-state index is 13.0. The zero-order valence-corrected chi connectivity index (χ0v) is 17.7. The van der Waals surface area contributed by atoms with Crippen molar-refractivity contribution in [3.8, 4) is 11.6 Å². The van der Waals surface area contributed by atoms with E-state index in [-0.39, 0.29) is 11.5 Å². The van der Waals surface area contributed by atoms with Gasteiger partial charge in [-0.05, 0) is 55.5 Å². The highest BCUT2D eigenvalue weighted by atomic mass is 16.5. The van der Waals surface area contributed by atoms with Crippen LogP contribution in [0.15, 0.2) is 71.7 Å². The molecule has 8 nitrogen and oxygen atoms in total. The maximum Gasteiger partial charge on any atom is 0.265 e. The fourth-order valence-electron chi connectivity index (χ4n) is 3.33. The number of anilines is 1. The minimum absolute atomic E-state index is 0.154. The molecule has 8 heteroatoms. The van der Waals surface area contributed by atoms with Gasteiger partial charge in [-0.1, -0.05) is 12.1 Å². The molecule has 2 aromatic carbocycles. The zero-order valence-electron chi connectivity index (χ0n) is 17.7. The Hall–Kier alpha value is -4.04. The first-order chi connectivity index (χ1) is 15.6. The monoisotopic (exact) mass is 430 g/mol. The topological polar surface area (TPSA) is 95.3 Å². The molecule has 0 saturated carbocycles. The number of methoxy groups -OCH3 is 1. The number of nitrogens with one attached hydrogen (secondary N) is 1. The van der Waals surface area contributed by atoms with Crippen LogP contribution in [0.1, 0.15) is 16.2 Å². The molecule has 4 aromatic rings. The third-order valence-corrected chi connectivity index (χ3v) is 4.88. The van der Waals surface area contributed by atoms with E-state index in [4.69, 9.17) is 9.47 Å². The second-order valence-corrected chi connectivity index (χ2v) is 7.02. The Morgan fingerprint density at radius 2 is 1.81 bits per heavy atom. The van der Waals surface area contributed by atoms with Crippen LogP contribution in [0.25, 0.3) is 16.6 Å². The minimum Gasteiger partial charge on any atom is -0.474 e. The average molecular weight is 430 g/mol. The van der Waals surface area contributed by atoms with E-state index in [1.54, 1.807) is 62.7 Å². The summed E-state index contributed by atoms with van der Waals surface area (Å²) in [6.07, 6.45) is 1.59. The van der Waals surface area contributed by atoms with Crippen LogP contribution in [-0.4, -0.2) is 40.8 Å². The van der Waals surface area contributed by atoms with Gasteiger partial charge < -0.3 is 14.8 Å². The van der Waals surface area contributed by atoms with Crippen LogP contribution in [-0.2, 0) is 4.74 Å². The van der Waals surface area contributed by atoms with Gasteiger partial charge in [-0.3, -0.25) is 14.2 Å². The van der Waals surface area contributed by atoms with E-state index in [1.165, 1.54) is 4.57 Å². The number of hydrogen-bond acceptors (Lipinski definition) is 6. The largest absolute Gasteiger partial charge is 0.474 e. The van der Waals surface area contributed by atoms with Gasteiger partial charge in [0.25, 0.3) is 11.5 Å². The summed E-state index contributed by atoms with van der Waals surface area (Å²) in [5, 5.41) is 3.35. The molecule has 2 aromatic heterocycles. The Morgan fingerprint density at radius 1 is 1.03 bits per heavy atom. The van der Waals surface area contributed by atoms with Gasteiger partial charge in [0.2, 0.25) is 5.88 Å². The minimum atomic E-state index is -0.318. The van der Waals surface area contributed by atoms with Gasteiger partial charge in [-0.25, -0.2) is 9.97 Å². The summed E-state index contributed by atoms with van der Waals surface area (Å²) in [7, 11) is 1.58. The van der Waals surface area contributed by atoms with Gasteiger partial charge in [-0.2, -0.15) is 0 Å². The number of hydrogen-bond donors (Lipinski definition) is 1. The first-order valence-corrected chi connectivity index (χ1v) is 10.1. The molecule has 0 atom stereocenters. The summed E-state index contributed by atoms with van der Waals surface area (Å²) >= 11 is 0. The molecule has 162 valence electrons. The smallest absolute Gasteiger partial charge is 0.265 e. The Bertz CT molecular complexity index is 1320. The fraction of sp³-hybridized carbons (Fsp3) is 0.167. The lowest BCUT2D eigenvalue weighted by Crippen LogP contribution is -2.22. The summed E-state index contributed by atoms with van der Waals surface area (Å²) in [4.78, 5) is 34.4. The lowest BCUT2D eigenvalue weighted by molar-refractivity contribution is 0.102. The van der Waals surface area contributed by atoms with Gasteiger partial charge in [0.1, 0.15) is 18.1 Å². The predicted molar refractivity (Wildman–Crippen MR) is 122 cm³/mol. The number of pyridine rings is 1. The van der Waals surface area contributed by atoms with Crippen molar-refractivity contribution in [1.82, 2.24) is 14.5 Å². The lowest BCUT2D eigenvalue weighted by Gasteiger charge is -2.13. The summed E-state index contributed by atoms with van der Waals surface area (Å²) in [5.74, 6) is 0.569. The molecule has 0 spiro atoms. The van der Waals surface area contributed by atoms with Crippen LogP contribution in [0.3, 0.4) is 0 Å². The molecule has 1 N–H and O–H groups in total. The molecule has 0 radical (unpaired) electrons. The van der Waals surface area contributed by atoms with Crippen LogP contribution in [0.4, 0.5) is 5.69 Å². The van der Waals surface area contributed by atoms with E-state index in [0.29, 0.717) is 52.8 Å². The lowest BCUT2D eigenvalue weighted by atomic mass is 10.1. The van der Waals surface area contributed by atoms with E-state index in [0.717, 1.165) is 0 Å². The normalized spacial score (nSPS) is 10.8. The third-order valence-electron chi connectivity index (χ3n) is 4.88.